The van der Waals surface area contributed by atoms with E-state index in [-0.39, 0.29) is 41.7 Å². The van der Waals surface area contributed by atoms with Crippen LogP contribution in [0, 0.1) is 11.8 Å². The lowest BCUT2D eigenvalue weighted by atomic mass is 9.79. The standard InChI is InChI=1S/C25H26N2O5/c1-32-25(31)19-10-6-5-9-18(19)14-26-22(28)17-11-12-20-21(13-17)24(30)27(23(20)29)15-16-7-3-2-4-8-16/h2-4,7-8,11-13,18-19H,5-6,9-10,14-15H2,1H3,(H,26,28). The second-order valence-corrected chi connectivity index (χ2v) is 8.33. The number of hydrogen-bond donors (Lipinski definition) is 1. The minimum absolute atomic E-state index is 0.0270. The first-order chi connectivity index (χ1) is 15.5. The van der Waals surface area contributed by atoms with Crippen molar-refractivity contribution in [3.63, 3.8) is 0 Å². The van der Waals surface area contributed by atoms with Crippen LogP contribution in [0.4, 0.5) is 0 Å². The minimum Gasteiger partial charge on any atom is -0.469 e. The molecular weight excluding hydrogens is 408 g/mol. The molecule has 2 unspecified atom stereocenters. The number of rotatable bonds is 6. The number of amides is 3. The van der Waals surface area contributed by atoms with Gasteiger partial charge in [-0.1, -0.05) is 43.2 Å². The number of nitrogens with zero attached hydrogens (tertiary/aromatic N) is 1. The summed E-state index contributed by atoms with van der Waals surface area (Å²) in [5.41, 5.74) is 1.72. The normalized spacial score (nSPS) is 20.1. The highest BCUT2D eigenvalue weighted by atomic mass is 16.5. The van der Waals surface area contributed by atoms with Crippen LogP contribution in [0.2, 0.25) is 0 Å². The van der Waals surface area contributed by atoms with Crippen molar-refractivity contribution in [3.05, 3.63) is 70.8 Å². The Kier molecular flexibility index (Phi) is 6.35. The highest BCUT2D eigenvalue weighted by Crippen LogP contribution is 2.31. The molecule has 0 saturated heterocycles. The van der Waals surface area contributed by atoms with Crippen molar-refractivity contribution in [3.8, 4) is 0 Å². The SMILES string of the molecule is COC(=O)C1CCCCC1CNC(=O)c1ccc2c(c1)C(=O)N(Cc1ccccc1)C2=O. The van der Waals surface area contributed by atoms with Gasteiger partial charge >= 0.3 is 5.97 Å². The van der Waals surface area contributed by atoms with Crippen molar-refractivity contribution in [2.45, 2.75) is 32.2 Å². The quantitative estimate of drug-likeness (QED) is 0.557. The molecule has 1 heterocycles. The molecule has 2 atom stereocenters. The summed E-state index contributed by atoms with van der Waals surface area (Å²) in [6.07, 6.45) is 3.61. The summed E-state index contributed by atoms with van der Waals surface area (Å²) in [5, 5.41) is 2.89. The maximum atomic E-state index is 12.9. The monoisotopic (exact) mass is 434 g/mol. The number of carbonyl (C=O) groups is 4. The Labute approximate surface area is 186 Å². The lowest BCUT2D eigenvalue weighted by Crippen LogP contribution is -2.37. The third kappa shape index (κ3) is 4.28. The number of imide groups is 1. The molecule has 7 nitrogen and oxygen atoms in total. The molecular formula is C25H26N2O5. The van der Waals surface area contributed by atoms with Crippen LogP contribution in [0.1, 0.15) is 62.3 Å². The van der Waals surface area contributed by atoms with E-state index in [1.54, 1.807) is 6.07 Å². The molecule has 1 aliphatic heterocycles. The van der Waals surface area contributed by atoms with Gasteiger partial charge in [-0.25, -0.2) is 0 Å². The Morgan fingerprint density at radius 3 is 2.47 bits per heavy atom. The molecule has 1 aliphatic carbocycles. The average Bonchev–Trinajstić information content (AvgIpc) is 3.07. The van der Waals surface area contributed by atoms with Gasteiger partial charge in [0.15, 0.2) is 0 Å². The molecule has 4 rings (SSSR count). The van der Waals surface area contributed by atoms with Crippen molar-refractivity contribution in [2.75, 3.05) is 13.7 Å². The summed E-state index contributed by atoms with van der Waals surface area (Å²) >= 11 is 0. The summed E-state index contributed by atoms with van der Waals surface area (Å²) in [4.78, 5) is 51.6. The lowest BCUT2D eigenvalue weighted by Gasteiger charge is -2.29. The molecule has 3 amide bonds. The number of ether oxygens (including phenoxy) is 1. The second-order valence-electron chi connectivity index (χ2n) is 8.33. The smallest absolute Gasteiger partial charge is 0.309 e. The highest BCUT2D eigenvalue weighted by molar-refractivity contribution is 6.22. The zero-order chi connectivity index (χ0) is 22.7. The van der Waals surface area contributed by atoms with Crippen molar-refractivity contribution >= 4 is 23.7 Å². The first kappa shape index (κ1) is 21.7. The molecule has 32 heavy (non-hydrogen) atoms. The van der Waals surface area contributed by atoms with Gasteiger partial charge < -0.3 is 10.1 Å². The van der Waals surface area contributed by atoms with Gasteiger partial charge in [0.2, 0.25) is 0 Å². The Balaban J connectivity index is 1.44. The largest absolute Gasteiger partial charge is 0.469 e. The third-order valence-corrected chi connectivity index (χ3v) is 6.35. The Morgan fingerprint density at radius 1 is 1.00 bits per heavy atom. The van der Waals surface area contributed by atoms with Crippen LogP contribution in [0.3, 0.4) is 0 Å². The molecule has 2 aromatic rings. The zero-order valence-corrected chi connectivity index (χ0v) is 18.0. The highest BCUT2D eigenvalue weighted by Gasteiger charge is 2.36. The topological polar surface area (TPSA) is 92.8 Å². The van der Waals surface area contributed by atoms with E-state index in [0.29, 0.717) is 17.7 Å². The Morgan fingerprint density at radius 2 is 1.72 bits per heavy atom. The van der Waals surface area contributed by atoms with Crippen molar-refractivity contribution < 1.29 is 23.9 Å². The molecule has 1 saturated carbocycles. The maximum Gasteiger partial charge on any atom is 0.309 e. The molecule has 1 N–H and O–H groups in total. The molecule has 0 bridgehead atoms. The molecule has 1 fully saturated rings. The van der Waals surface area contributed by atoms with E-state index in [9.17, 15) is 19.2 Å². The van der Waals surface area contributed by atoms with E-state index in [2.05, 4.69) is 5.32 Å². The van der Waals surface area contributed by atoms with Gasteiger partial charge in [0.25, 0.3) is 17.7 Å². The maximum absolute atomic E-state index is 12.9. The molecule has 0 spiro atoms. The van der Waals surface area contributed by atoms with Gasteiger partial charge in [-0.05, 0) is 42.5 Å². The fourth-order valence-electron chi connectivity index (χ4n) is 4.58. The van der Waals surface area contributed by atoms with Crippen molar-refractivity contribution in [2.24, 2.45) is 11.8 Å². The van der Waals surface area contributed by atoms with E-state index in [4.69, 9.17) is 4.74 Å². The summed E-state index contributed by atoms with van der Waals surface area (Å²) in [6, 6.07) is 13.9. The van der Waals surface area contributed by atoms with Gasteiger partial charge in [0, 0.05) is 12.1 Å². The molecule has 0 radical (unpaired) electrons. The van der Waals surface area contributed by atoms with E-state index in [1.807, 2.05) is 30.3 Å². The van der Waals surface area contributed by atoms with Crippen LogP contribution in [-0.2, 0) is 16.1 Å². The summed E-state index contributed by atoms with van der Waals surface area (Å²) < 4.78 is 4.91. The predicted molar refractivity (Wildman–Crippen MR) is 117 cm³/mol. The zero-order valence-electron chi connectivity index (χ0n) is 18.0. The summed E-state index contributed by atoms with van der Waals surface area (Å²) in [5.74, 6) is -1.50. The Hall–Kier alpha value is -3.48. The predicted octanol–water partition coefficient (Wildman–Crippen LogP) is 3.19. The van der Waals surface area contributed by atoms with Crippen LogP contribution < -0.4 is 5.32 Å². The number of fused-ring (bicyclic) bond motifs is 1. The van der Waals surface area contributed by atoms with Gasteiger partial charge in [-0.3, -0.25) is 24.1 Å². The fourth-order valence-corrected chi connectivity index (χ4v) is 4.58. The number of carbonyl (C=O) groups excluding carboxylic acids is 4. The van der Waals surface area contributed by atoms with Crippen LogP contribution in [0.25, 0.3) is 0 Å². The number of methoxy groups -OCH3 is 1. The molecule has 166 valence electrons. The number of nitrogens with one attached hydrogen (secondary N) is 1. The first-order valence-corrected chi connectivity index (χ1v) is 10.9. The van der Waals surface area contributed by atoms with Gasteiger partial charge in [0.1, 0.15) is 0 Å². The van der Waals surface area contributed by atoms with Gasteiger partial charge in [-0.15, -0.1) is 0 Å². The van der Waals surface area contributed by atoms with Crippen molar-refractivity contribution in [1.82, 2.24) is 10.2 Å². The van der Waals surface area contributed by atoms with Crippen LogP contribution >= 0.6 is 0 Å². The first-order valence-electron chi connectivity index (χ1n) is 10.9. The van der Waals surface area contributed by atoms with Gasteiger partial charge in [-0.2, -0.15) is 0 Å². The molecule has 0 aromatic heterocycles. The average molecular weight is 434 g/mol. The van der Waals surface area contributed by atoms with Gasteiger partial charge in [0.05, 0.1) is 30.7 Å². The van der Waals surface area contributed by atoms with Crippen LogP contribution in [0.5, 0.6) is 0 Å². The minimum atomic E-state index is -0.401. The summed E-state index contributed by atoms with van der Waals surface area (Å²) in [6.45, 7) is 0.550. The fraction of sp³-hybridized carbons (Fsp3) is 0.360. The molecule has 2 aliphatic rings. The van der Waals surface area contributed by atoms with Crippen LogP contribution in [0.15, 0.2) is 48.5 Å². The number of benzene rings is 2. The number of esters is 1. The number of hydrogen-bond acceptors (Lipinski definition) is 5. The van der Waals surface area contributed by atoms with E-state index in [0.717, 1.165) is 31.2 Å². The molecule has 7 heteroatoms. The van der Waals surface area contributed by atoms with Crippen molar-refractivity contribution in [1.29, 1.82) is 0 Å². The van der Waals surface area contributed by atoms with E-state index >= 15 is 0 Å². The van der Waals surface area contributed by atoms with Crippen LogP contribution in [-0.4, -0.2) is 42.2 Å². The van der Waals surface area contributed by atoms with E-state index < -0.39 is 5.91 Å². The third-order valence-electron chi connectivity index (χ3n) is 6.35. The van der Waals surface area contributed by atoms with E-state index in [1.165, 1.54) is 24.1 Å². The Bertz CT molecular complexity index is 1050. The second kappa shape index (κ2) is 9.34. The summed E-state index contributed by atoms with van der Waals surface area (Å²) in [7, 11) is 1.39. The lowest BCUT2D eigenvalue weighted by molar-refractivity contribution is -0.148. The molecule has 2 aromatic carbocycles.